The number of carbonyl (C=O) groups is 3. The smallest absolute Gasteiger partial charge is 0.243 e. The molecule has 0 heterocycles. The molecule has 0 unspecified atom stereocenters. The molecular weight excluding hydrogens is 377 g/mol. The summed E-state index contributed by atoms with van der Waals surface area (Å²) in [6, 6.07) is 10.7. The van der Waals surface area contributed by atoms with E-state index in [-0.39, 0.29) is 12.8 Å². The summed E-state index contributed by atoms with van der Waals surface area (Å²) in [6.45, 7) is 1.28. The van der Waals surface area contributed by atoms with E-state index in [9.17, 15) is 18.8 Å². The molecule has 4 N–H and O–H groups in total. The minimum atomic E-state index is -0.973. The zero-order chi connectivity index (χ0) is 21.4. The summed E-state index contributed by atoms with van der Waals surface area (Å²) >= 11 is 0. The average Bonchev–Trinajstić information content (AvgIpc) is 2.68. The van der Waals surface area contributed by atoms with Crippen molar-refractivity contribution in [1.29, 1.82) is 0 Å². The van der Waals surface area contributed by atoms with Gasteiger partial charge in [0.15, 0.2) is 0 Å². The van der Waals surface area contributed by atoms with Crippen molar-refractivity contribution < 1.29 is 23.5 Å². The van der Waals surface area contributed by atoms with Crippen LogP contribution in [0.3, 0.4) is 0 Å². The standard InChI is InChI=1S/C21H24FN3O4/c1-13(26)24-19(11-14-6-8-16(22)9-7-14)21(28)25-18(20(23)27)12-15-4-3-5-17(10-15)29-2/h3-10,18-19H,11-12H2,1-2H3,(H2,23,27)(H,24,26)(H,25,28)/t18-,19-/m0/s1. The molecular formula is C21H24FN3O4. The molecule has 0 aliphatic heterocycles. The van der Waals surface area contributed by atoms with Crippen LogP contribution < -0.4 is 21.1 Å². The Bertz CT molecular complexity index is 870. The molecule has 0 fully saturated rings. The van der Waals surface area contributed by atoms with Gasteiger partial charge in [0, 0.05) is 19.8 Å². The molecule has 2 rings (SSSR count). The number of hydrogen-bond donors (Lipinski definition) is 3. The van der Waals surface area contributed by atoms with Gasteiger partial charge >= 0.3 is 0 Å². The van der Waals surface area contributed by atoms with Crippen molar-refractivity contribution >= 4 is 17.7 Å². The summed E-state index contributed by atoms with van der Waals surface area (Å²) in [6.07, 6.45) is 0.304. The minimum Gasteiger partial charge on any atom is -0.497 e. The van der Waals surface area contributed by atoms with Crippen LogP contribution in [0.15, 0.2) is 48.5 Å². The van der Waals surface area contributed by atoms with Crippen molar-refractivity contribution in [1.82, 2.24) is 10.6 Å². The third-order valence-corrected chi connectivity index (χ3v) is 4.28. The normalized spacial score (nSPS) is 12.5. The minimum absolute atomic E-state index is 0.135. The number of hydrogen-bond acceptors (Lipinski definition) is 4. The first-order chi connectivity index (χ1) is 13.8. The second kappa shape index (κ2) is 10.2. The Hall–Kier alpha value is -3.42. The molecule has 0 saturated carbocycles. The average molecular weight is 401 g/mol. The maximum absolute atomic E-state index is 13.1. The Labute approximate surface area is 168 Å². The molecule has 29 heavy (non-hydrogen) atoms. The molecule has 0 radical (unpaired) electrons. The number of primary amides is 1. The van der Waals surface area contributed by atoms with Gasteiger partial charge < -0.3 is 21.1 Å². The molecule has 2 atom stereocenters. The van der Waals surface area contributed by atoms with Gasteiger partial charge in [0.1, 0.15) is 23.7 Å². The van der Waals surface area contributed by atoms with Crippen LogP contribution in [0.1, 0.15) is 18.1 Å². The van der Waals surface area contributed by atoms with E-state index in [0.717, 1.165) is 5.56 Å². The monoisotopic (exact) mass is 401 g/mol. The van der Waals surface area contributed by atoms with E-state index in [0.29, 0.717) is 11.3 Å². The van der Waals surface area contributed by atoms with E-state index >= 15 is 0 Å². The Kier molecular flexibility index (Phi) is 7.70. The van der Waals surface area contributed by atoms with Crippen LogP contribution in [0, 0.1) is 5.82 Å². The molecule has 154 valence electrons. The molecule has 0 bridgehead atoms. The van der Waals surface area contributed by atoms with Crippen molar-refractivity contribution in [3.05, 3.63) is 65.5 Å². The quantitative estimate of drug-likeness (QED) is 0.584. The molecule has 0 aliphatic carbocycles. The van der Waals surface area contributed by atoms with Crippen LogP contribution in [0.4, 0.5) is 4.39 Å². The van der Waals surface area contributed by atoms with E-state index in [1.54, 1.807) is 24.3 Å². The number of halogens is 1. The van der Waals surface area contributed by atoms with Gasteiger partial charge in [0.25, 0.3) is 0 Å². The van der Waals surface area contributed by atoms with Crippen molar-refractivity contribution in [3.63, 3.8) is 0 Å². The molecule has 0 aromatic heterocycles. The van der Waals surface area contributed by atoms with Gasteiger partial charge in [0.2, 0.25) is 17.7 Å². The first-order valence-corrected chi connectivity index (χ1v) is 9.02. The van der Waals surface area contributed by atoms with Crippen LogP contribution >= 0.6 is 0 Å². The van der Waals surface area contributed by atoms with Crippen molar-refractivity contribution in [2.75, 3.05) is 7.11 Å². The van der Waals surface area contributed by atoms with Crippen LogP contribution in [-0.2, 0) is 27.2 Å². The van der Waals surface area contributed by atoms with Gasteiger partial charge in [-0.1, -0.05) is 24.3 Å². The largest absolute Gasteiger partial charge is 0.497 e. The molecule has 0 spiro atoms. The van der Waals surface area contributed by atoms with Crippen molar-refractivity contribution in [3.8, 4) is 5.75 Å². The number of ether oxygens (including phenoxy) is 1. The fourth-order valence-electron chi connectivity index (χ4n) is 2.84. The van der Waals surface area contributed by atoms with Gasteiger partial charge in [-0.3, -0.25) is 14.4 Å². The summed E-state index contributed by atoms with van der Waals surface area (Å²) in [7, 11) is 1.53. The lowest BCUT2D eigenvalue weighted by Crippen LogP contribution is -2.54. The Morgan fingerprint density at radius 2 is 1.66 bits per heavy atom. The fraction of sp³-hybridized carbons (Fsp3) is 0.286. The number of carbonyl (C=O) groups excluding carboxylic acids is 3. The van der Waals surface area contributed by atoms with E-state index in [2.05, 4.69) is 10.6 Å². The number of nitrogens with one attached hydrogen (secondary N) is 2. The first-order valence-electron chi connectivity index (χ1n) is 9.02. The van der Waals surface area contributed by atoms with Crippen LogP contribution in [0.5, 0.6) is 5.75 Å². The highest BCUT2D eigenvalue weighted by molar-refractivity contribution is 5.91. The summed E-state index contributed by atoms with van der Waals surface area (Å²) in [5.74, 6) is -1.46. The molecule has 3 amide bonds. The maximum Gasteiger partial charge on any atom is 0.243 e. The zero-order valence-electron chi connectivity index (χ0n) is 16.3. The van der Waals surface area contributed by atoms with Crippen LogP contribution in [-0.4, -0.2) is 36.9 Å². The Morgan fingerprint density at radius 3 is 2.24 bits per heavy atom. The lowest BCUT2D eigenvalue weighted by molar-refractivity contribution is -0.130. The van der Waals surface area contributed by atoms with Crippen LogP contribution in [0.2, 0.25) is 0 Å². The van der Waals surface area contributed by atoms with Gasteiger partial charge in [-0.25, -0.2) is 4.39 Å². The van der Waals surface area contributed by atoms with Crippen molar-refractivity contribution in [2.24, 2.45) is 5.73 Å². The highest BCUT2D eigenvalue weighted by Crippen LogP contribution is 2.14. The molecule has 0 saturated heterocycles. The zero-order valence-corrected chi connectivity index (χ0v) is 16.3. The second-order valence-corrected chi connectivity index (χ2v) is 6.60. The van der Waals surface area contributed by atoms with Crippen LogP contribution in [0.25, 0.3) is 0 Å². The van der Waals surface area contributed by atoms with E-state index in [1.807, 2.05) is 0 Å². The predicted octanol–water partition coefficient (Wildman–Crippen LogP) is 1.09. The number of amides is 3. The third kappa shape index (κ3) is 6.91. The molecule has 0 aliphatic rings. The lowest BCUT2D eigenvalue weighted by Gasteiger charge is -2.22. The van der Waals surface area contributed by atoms with Gasteiger partial charge in [-0.15, -0.1) is 0 Å². The van der Waals surface area contributed by atoms with E-state index < -0.39 is 35.6 Å². The topological polar surface area (TPSA) is 111 Å². The molecule has 7 nitrogen and oxygen atoms in total. The summed E-state index contributed by atoms with van der Waals surface area (Å²) in [4.78, 5) is 36.2. The summed E-state index contributed by atoms with van der Waals surface area (Å²) in [5.41, 5.74) is 6.87. The highest BCUT2D eigenvalue weighted by Gasteiger charge is 2.25. The number of benzene rings is 2. The highest BCUT2D eigenvalue weighted by atomic mass is 19.1. The second-order valence-electron chi connectivity index (χ2n) is 6.60. The molecule has 8 heteroatoms. The summed E-state index contributed by atoms with van der Waals surface area (Å²) in [5, 5.41) is 5.15. The third-order valence-electron chi connectivity index (χ3n) is 4.28. The fourth-order valence-corrected chi connectivity index (χ4v) is 2.84. The van der Waals surface area contributed by atoms with Gasteiger partial charge in [-0.05, 0) is 35.4 Å². The Balaban J connectivity index is 2.13. The van der Waals surface area contributed by atoms with Crippen molar-refractivity contribution in [2.45, 2.75) is 31.8 Å². The number of nitrogens with two attached hydrogens (primary N) is 1. The first kappa shape index (κ1) is 21.9. The lowest BCUT2D eigenvalue weighted by atomic mass is 10.0. The predicted molar refractivity (Wildman–Crippen MR) is 106 cm³/mol. The van der Waals surface area contributed by atoms with Gasteiger partial charge in [0.05, 0.1) is 7.11 Å². The van der Waals surface area contributed by atoms with Gasteiger partial charge in [-0.2, -0.15) is 0 Å². The Morgan fingerprint density at radius 1 is 1.00 bits per heavy atom. The SMILES string of the molecule is COc1cccc(C[C@H](NC(=O)[C@H](Cc2ccc(F)cc2)NC(C)=O)C(N)=O)c1. The van der Waals surface area contributed by atoms with E-state index in [4.69, 9.17) is 10.5 Å². The summed E-state index contributed by atoms with van der Waals surface area (Å²) < 4.78 is 18.3. The number of methoxy groups -OCH3 is 1. The molecule has 2 aromatic rings. The number of rotatable bonds is 9. The van der Waals surface area contributed by atoms with E-state index in [1.165, 1.54) is 38.3 Å². The molecule has 2 aromatic carbocycles. The maximum atomic E-state index is 13.1.